The van der Waals surface area contributed by atoms with E-state index in [0.717, 1.165) is 5.56 Å². The first-order valence-electron chi connectivity index (χ1n) is 7.48. The van der Waals surface area contributed by atoms with Crippen LogP contribution in [-0.2, 0) is 4.79 Å². The fourth-order valence-electron chi connectivity index (χ4n) is 2.36. The molecule has 2 aromatic rings. The fourth-order valence-corrected chi connectivity index (χ4v) is 2.60. The monoisotopic (exact) mass is 346 g/mol. The SMILES string of the molecule is CCOc1ccc(/C=C(\C(=O)O)c2ccc(OC)c(C)c2)cc1Cl. The number of methoxy groups -OCH3 is 1. The summed E-state index contributed by atoms with van der Waals surface area (Å²) in [5, 5.41) is 10.0. The van der Waals surface area contributed by atoms with Crippen molar-refractivity contribution in [2.45, 2.75) is 13.8 Å². The van der Waals surface area contributed by atoms with Crippen LogP contribution in [0.5, 0.6) is 11.5 Å². The molecule has 0 aliphatic rings. The van der Waals surface area contributed by atoms with Crippen LogP contribution in [-0.4, -0.2) is 24.8 Å². The van der Waals surface area contributed by atoms with Gasteiger partial charge in [0.2, 0.25) is 0 Å². The van der Waals surface area contributed by atoms with Crippen molar-refractivity contribution in [3.63, 3.8) is 0 Å². The zero-order valence-corrected chi connectivity index (χ0v) is 14.6. The van der Waals surface area contributed by atoms with Gasteiger partial charge in [0.05, 0.1) is 24.3 Å². The molecule has 0 heterocycles. The van der Waals surface area contributed by atoms with Crippen molar-refractivity contribution in [1.82, 2.24) is 0 Å². The molecule has 1 N–H and O–H groups in total. The second-order valence-corrected chi connectivity index (χ2v) is 5.58. The highest BCUT2D eigenvalue weighted by atomic mass is 35.5. The lowest BCUT2D eigenvalue weighted by molar-refractivity contribution is -0.130. The minimum Gasteiger partial charge on any atom is -0.496 e. The summed E-state index contributed by atoms with van der Waals surface area (Å²) in [6.07, 6.45) is 1.59. The Morgan fingerprint density at radius 3 is 2.46 bits per heavy atom. The molecule has 0 aromatic heterocycles. The summed E-state index contributed by atoms with van der Waals surface area (Å²) in [6, 6.07) is 10.5. The topological polar surface area (TPSA) is 55.8 Å². The predicted octanol–water partition coefficient (Wildman–Crippen LogP) is 4.68. The van der Waals surface area contributed by atoms with Crippen LogP contribution in [0.1, 0.15) is 23.6 Å². The second-order valence-electron chi connectivity index (χ2n) is 5.17. The molecule has 2 rings (SSSR count). The van der Waals surface area contributed by atoms with Gasteiger partial charge in [-0.1, -0.05) is 23.7 Å². The summed E-state index contributed by atoms with van der Waals surface area (Å²) in [7, 11) is 1.58. The lowest BCUT2D eigenvalue weighted by Gasteiger charge is -2.09. The number of aliphatic carboxylic acids is 1. The minimum absolute atomic E-state index is 0.181. The normalized spacial score (nSPS) is 11.2. The van der Waals surface area contributed by atoms with E-state index >= 15 is 0 Å². The third kappa shape index (κ3) is 4.09. The van der Waals surface area contributed by atoms with Crippen molar-refractivity contribution >= 4 is 29.2 Å². The molecule has 0 fully saturated rings. The van der Waals surface area contributed by atoms with Gasteiger partial charge >= 0.3 is 5.97 Å². The Bertz CT molecular complexity index is 781. The molecule has 0 saturated heterocycles. The summed E-state index contributed by atoms with van der Waals surface area (Å²) < 4.78 is 10.6. The van der Waals surface area contributed by atoms with Crippen molar-refractivity contribution in [2.75, 3.05) is 13.7 Å². The standard InChI is InChI=1S/C19H19ClO4/c1-4-24-18-7-5-13(11-16(18)20)10-15(19(21)22)14-6-8-17(23-3)12(2)9-14/h5-11H,4H2,1-3H3,(H,21,22)/b15-10-. The van der Waals surface area contributed by atoms with Gasteiger partial charge in [-0.25, -0.2) is 4.79 Å². The maximum atomic E-state index is 11.7. The number of benzene rings is 2. The molecular weight excluding hydrogens is 328 g/mol. The zero-order chi connectivity index (χ0) is 17.7. The number of hydrogen-bond acceptors (Lipinski definition) is 3. The van der Waals surface area contributed by atoms with Gasteiger partial charge in [-0.05, 0) is 60.9 Å². The number of aryl methyl sites for hydroxylation is 1. The van der Waals surface area contributed by atoms with Gasteiger partial charge in [-0.2, -0.15) is 0 Å². The van der Waals surface area contributed by atoms with Crippen LogP contribution in [0.25, 0.3) is 11.6 Å². The molecule has 126 valence electrons. The molecule has 0 saturated carbocycles. The van der Waals surface area contributed by atoms with E-state index in [1.54, 1.807) is 49.6 Å². The largest absolute Gasteiger partial charge is 0.496 e. The highest BCUT2D eigenvalue weighted by Gasteiger charge is 2.13. The van der Waals surface area contributed by atoms with Crippen molar-refractivity contribution < 1.29 is 19.4 Å². The highest BCUT2D eigenvalue weighted by molar-refractivity contribution is 6.32. The molecular formula is C19H19ClO4. The molecule has 0 unspecified atom stereocenters. The third-order valence-corrected chi connectivity index (χ3v) is 3.80. The molecule has 0 spiro atoms. The van der Waals surface area contributed by atoms with Crippen molar-refractivity contribution in [3.05, 3.63) is 58.1 Å². The van der Waals surface area contributed by atoms with Crippen molar-refractivity contribution in [2.24, 2.45) is 0 Å². The molecule has 2 aromatic carbocycles. The van der Waals surface area contributed by atoms with Gasteiger partial charge in [0.25, 0.3) is 0 Å². The van der Waals surface area contributed by atoms with Crippen molar-refractivity contribution in [3.8, 4) is 11.5 Å². The maximum Gasteiger partial charge on any atom is 0.336 e. The van der Waals surface area contributed by atoms with E-state index in [4.69, 9.17) is 21.1 Å². The number of hydrogen-bond donors (Lipinski definition) is 1. The van der Waals surface area contributed by atoms with E-state index in [1.807, 2.05) is 13.8 Å². The van der Waals surface area contributed by atoms with Crippen LogP contribution in [0.3, 0.4) is 0 Å². The second kappa shape index (κ2) is 7.88. The van der Waals surface area contributed by atoms with Crippen LogP contribution in [0.2, 0.25) is 5.02 Å². The van der Waals surface area contributed by atoms with Gasteiger partial charge in [0.15, 0.2) is 0 Å². The first kappa shape index (κ1) is 17.9. The van der Waals surface area contributed by atoms with Gasteiger partial charge in [0.1, 0.15) is 11.5 Å². The Balaban J connectivity index is 2.44. The zero-order valence-electron chi connectivity index (χ0n) is 13.8. The molecule has 24 heavy (non-hydrogen) atoms. The summed E-state index contributed by atoms with van der Waals surface area (Å²) in [5.74, 6) is 0.283. The summed E-state index contributed by atoms with van der Waals surface area (Å²) in [6.45, 7) is 4.26. The van der Waals surface area contributed by atoms with Gasteiger partial charge in [0, 0.05) is 0 Å². The van der Waals surface area contributed by atoms with Gasteiger partial charge < -0.3 is 14.6 Å². The van der Waals surface area contributed by atoms with E-state index in [-0.39, 0.29) is 5.57 Å². The highest BCUT2D eigenvalue weighted by Crippen LogP contribution is 2.29. The Hall–Kier alpha value is -2.46. The van der Waals surface area contributed by atoms with Crippen molar-refractivity contribution in [1.29, 1.82) is 0 Å². The maximum absolute atomic E-state index is 11.7. The third-order valence-electron chi connectivity index (χ3n) is 3.50. The molecule has 0 aliphatic heterocycles. The smallest absolute Gasteiger partial charge is 0.336 e. The van der Waals surface area contributed by atoms with Crippen LogP contribution in [0.15, 0.2) is 36.4 Å². The van der Waals surface area contributed by atoms with E-state index in [1.165, 1.54) is 0 Å². The lowest BCUT2D eigenvalue weighted by Crippen LogP contribution is -2.01. The summed E-state index contributed by atoms with van der Waals surface area (Å²) >= 11 is 6.16. The molecule has 0 bridgehead atoms. The number of ether oxygens (including phenoxy) is 2. The first-order valence-corrected chi connectivity index (χ1v) is 7.86. The van der Waals surface area contributed by atoms with Crippen LogP contribution >= 0.6 is 11.6 Å². The molecule has 5 heteroatoms. The minimum atomic E-state index is -1.01. The average molecular weight is 347 g/mol. The number of rotatable bonds is 6. The van der Waals surface area contributed by atoms with Gasteiger partial charge in [-0.15, -0.1) is 0 Å². The Morgan fingerprint density at radius 2 is 1.92 bits per heavy atom. The predicted molar refractivity (Wildman–Crippen MR) is 95.9 cm³/mol. The number of carboxylic acid groups (broad SMARTS) is 1. The Kier molecular flexibility index (Phi) is 5.88. The van der Waals surface area contributed by atoms with Crippen LogP contribution in [0, 0.1) is 6.92 Å². The Morgan fingerprint density at radius 1 is 1.21 bits per heavy atom. The Labute approximate surface area is 146 Å². The number of halogens is 1. The van der Waals surface area contributed by atoms with E-state index < -0.39 is 5.97 Å². The van der Waals surface area contributed by atoms with Crippen LogP contribution < -0.4 is 9.47 Å². The van der Waals surface area contributed by atoms with E-state index in [0.29, 0.717) is 34.3 Å². The molecule has 0 amide bonds. The molecule has 0 radical (unpaired) electrons. The lowest BCUT2D eigenvalue weighted by atomic mass is 10.0. The number of carbonyl (C=O) groups is 1. The van der Waals surface area contributed by atoms with Crippen LogP contribution in [0.4, 0.5) is 0 Å². The quantitative estimate of drug-likeness (QED) is 0.609. The van der Waals surface area contributed by atoms with E-state index in [9.17, 15) is 9.90 Å². The first-order chi connectivity index (χ1) is 11.5. The average Bonchev–Trinajstić information content (AvgIpc) is 2.54. The number of carboxylic acids is 1. The molecule has 4 nitrogen and oxygen atoms in total. The molecule has 0 aliphatic carbocycles. The molecule has 0 atom stereocenters. The van der Waals surface area contributed by atoms with E-state index in [2.05, 4.69) is 0 Å². The van der Waals surface area contributed by atoms with Gasteiger partial charge in [-0.3, -0.25) is 0 Å². The summed E-state index contributed by atoms with van der Waals surface area (Å²) in [5.41, 5.74) is 2.34. The summed E-state index contributed by atoms with van der Waals surface area (Å²) in [4.78, 5) is 11.7. The fraction of sp³-hybridized carbons (Fsp3) is 0.211.